The lowest BCUT2D eigenvalue weighted by molar-refractivity contribution is -0.257. The molecule has 9 heteroatoms. The molecule has 1 aromatic carbocycles. The number of ketones is 2. The highest BCUT2D eigenvalue weighted by Crippen LogP contribution is 2.70. The van der Waals surface area contributed by atoms with Gasteiger partial charge in [-0.1, -0.05) is 26.0 Å². The third kappa shape index (κ3) is 4.36. The second kappa shape index (κ2) is 10.0. The van der Waals surface area contributed by atoms with Gasteiger partial charge in [-0.2, -0.15) is 5.06 Å². The van der Waals surface area contributed by atoms with Crippen molar-refractivity contribution < 1.29 is 38.2 Å². The molecule has 0 amide bonds. The Morgan fingerprint density at radius 1 is 1.26 bits per heavy atom. The summed E-state index contributed by atoms with van der Waals surface area (Å²) < 4.78 is 34.4. The number of hydrogen-bond donors (Lipinski definition) is 2. The fraction of sp³-hybridized carbons (Fsp3) is 0.667. The smallest absolute Gasteiger partial charge is 0.192 e. The molecule has 1 heterocycles. The fourth-order valence-electron chi connectivity index (χ4n) is 8.93. The van der Waals surface area contributed by atoms with E-state index in [0.717, 1.165) is 5.56 Å². The Kier molecular flexibility index (Phi) is 7.27. The van der Waals surface area contributed by atoms with Crippen LogP contribution in [0.4, 0.5) is 8.78 Å². The summed E-state index contributed by atoms with van der Waals surface area (Å²) in [6, 6.07) is 4.54. The van der Waals surface area contributed by atoms with E-state index in [4.69, 9.17) is 9.57 Å². The monoisotopic (exact) mass is 547 g/mol. The standard InChI is InChI=1S/C30H39F2NO6/c1-17(35)7-8-28(2)12-20(31)11-21-22-10-19-15-33(14-18-5-6-23(32)25(9-18)38-4)39-30(19,26(37)16-34)29(22,3)13-24(36)27(21)28/h5-9,19-22,24,27,34,36H,10-16H2,1-4H3/b8-7-/t19-,20-,21?,22?,24?,27?,28-,29-,30-/m0/s1. The Morgan fingerprint density at radius 2 is 2.00 bits per heavy atom. The average Bonchev–Trinajstić information content (AvgIpc) is 3.35. The number of hydrogen-bond acceptors (Lipinski definition) is 7. The Balaban J connectivity index is 1.48. The van der Waals surface area contributed by atoms with Crippen LogP contribution < -0.4 is 4.74 Å². The number of aliphatic hydroxyl groups is 2. The lowest BCUT2D eigenvalue weighted by Gasteiger charge is -2.59. The Labute approximate surface area is 228 Å². The van der Waals surface area contributed by atoms with Crippen molar-refractivity contribution in [3.8, 4) is 5.75 Å². The lowest BCUT2D eigenvalue weighted by Crippen LogP contribution is -2.63. The normalized spacial score (nSPS) is 41.7. The van der Waals surface area contributed by atoms with E-state index < -0.39 is 46.9 Å². The summed E-state index contributed by atoms with van der Waals surface area (Å²) in [5.74, 6) is -1.77. The highest BCUT2D eigenvalue weighted by molar-refractivity contribution is 5.90. The predicted octanol–water partition coefficient (Wildman–Crippen LogP) is 3.80. The first-order valence-electron chi connectivity index (χ1n) is 13.8. The lowest BCUT2D eigenvalue weighted by atomic mass is 9.47. The van der Waals surface area contributed by atoms with Crippen LogP contribution in [-0.4, -0.2) is 65.0 Å². The van der Waals surface area contributed by atoms with Gasteiger partial charge in [-0.15, -0.1) is 0 Å². The number of allylic oxidation sites excluding steroid dienone is 2. The highest BCUT2D eigenvalue weighted by atomic mass is 19.1. The third-order valence-electron chi connectivity index (χ3n) is 10.3. The zero-order valence-electron chi connectivity index (χ0n) is 23.0. The van der Waals surface area contributed by atoms with Crippen LogP contribution >= 0.6 is 0 Å². The van der Waals surface area contributed by atoms with Gasteiger partial charge < -0.3 is 14.9 Å². The number of ether oxygens (including phenoxy) is 1. The minimum atomic E-state index is -1.36. The molecule has 7 nitrogen and oxygen atoms in total. The van der Waals surface area contributed by atoms with Crippen molar-refractivity contribution in [2.75, 3.05) is 20.3 Å². The van der Waals surface area contributed by atoms with Crippen molar-refractivity contribution in [1.82, 2.24) is 5.06 Å². The second-order valence-corrected chi connectivity index (χ2v) is 12.6. The highest BCUT2D eigenvalue weighted by Gasteiger charge is 2.75. The van der Waals surface area contributed by atoms with Gasteiger partial charge in [0.15, 0.2) is 28.7 Å². The molecule has 39 heavy (non-hydrogen) atoms. The first-order chi connectivity index (χ1) is 18.4. The molecule has 3 saturated carbocycles. The Bertz CT molecular complexity index is 1180. The second-order valence-electron chi connectivity index (χ2n) is 12.6. The molecule has 9 atom stereocenters. The molecular weight excluding hydrogens is 508 g/mol. The predicted molar refractivity (Wildman–Crippen MR) is 139 cm³/mol. The molecule has 1 aromatic rings. The molecule has 4 unspecified atom stereocenters. The number of nitrogens with zero attached hydrogens (tertiary/aromatic N) is 1. The van der Waals surface area contributed by atoms with Crippen LogP contribution in [0.5, 0.6) is 5.75 Å². The summed E-state index contributed by atoms with van der Waals surface area (Å²) in [5, 5.41) is 23.4. The van der Waals surface area contributed by atoms with Gasteiger partial charge >= 0.3 is 0 Å². The van der Waals surface area contributed by atoms with Gasteiger partial charge in [0.25, 0.3) is 0 Å². The number of hydroxylamine groups is 2. The quantitative estimate of drug-likeness (QED) is 0.502. The number of halogens is 2. The maximum atomic E-state index is 15.3. The first kappa shape index (κ1) is 28.3. The van der Waals surface area contributed by atoms with Gasteiger partial charge in [-0.3, -0.25) is 14.4 Å². The minimum absolute atomic E-state index is 0.108. The maximum Gasteiger partial charge on any atom is 0.192 e. The SMILES string of the molecule is COc1cc(CN2C[C@@H]3CC4C5C[C@H](F)C[C@](C)(/C=C\C(C)=O)C5C(O)C[C@]4(C)[C@]3(C(=O)CO)O2)ccc1F. The van der Waals surface area contributed by atoms with Crippen LogP contribution in [0.3, 0.4) is 0 Å². The molecule has 2 N–H and O–H groups in total. The van der Waals surface area contributed by atoms with E-state index in [9.17, 15) is 24.2 Å². The number of benzene rings is 1. The number of carbonyl (C=O) groups excluding carboxylic acids is 2. The number of carbonyl (C=O) groups is 2. The minimum Gasteiger partial charge on any atom is -0.494 e. The molecular formula is C30H39F2NO6. The van der Waals surface area contributed by atoms with Crippen LogP contribution in [0, 0.1) is 40.3 Å². The largest absolute Gasteiger partial charge is 0.494 e. The van der Waals surface area contributed by atoms with Gasteiger partial charge in [-0.25, -0.2) is 8.78 Å². The van der Waals surface area contributed by atoms with E-state index in [1.165, 1.54) is 26.2 Å². The van der Waals surface area contributed by atoms with E-state index >= 15 is 4.39 Å². The Morgan fingerprint density at radius 3 is 2.67 bits per heavy atom. The summed E-state index contributed by atoms with van der Waals surface area (Å²) in [6.45, 7) is 5.30. The van der Waals surface area contributed by atoms with Gasteiger partial charge in [0, 0.05) is 24.4 Å². The van der Waals surface area contributed by atoms with E-state index in [1.54, 1.807) is 23.3 Å². The summed E-state index contributed by atoms with van der Waals surface area (Å²) >= 11 is 0. The topological polar surface area (TPSA) is 96.3 Å². The number of alkyl halides is 1. The molecule has 1 aliphatic heterocycles. The van der Waals surface area contributed by atoms with Crippen molar-refractivity contribution in [1.29, 1.82) is 0 Å². The van der Waals surface area contributed by atoms with Crippen LogP contribution in [0.15, 0.2) is 30.4 Å². The van der Waals surface area contributed by atoms with E-state index in [-0.39, 0.29) is 61.0 Å². The molecule has 214 valence electrons. The molecule has 3 aliphatic carbocycles. The number of Topliss-reactive ketones (excluding diaryl/α,β-unsaturated/α-hetero) is 1. The maximum absolute atomic E-state index is 15.3. The number of methoxy groups -OCH3 is 1. The summed E-state index contributed by atoms with van der Waals surface area (Å²) in [5.41, 5.74) is -2.16. The van der Waals surface area contributed by atoms with Crippen molar-refractivity contribution in [3.63, 3.8) is 0 Å². The molecule has 4 fully saturated rings. The fourth-order valence-corrected chi connectivity index (χ4v) is 8.93. The van der Waals surface area contributed by atoms with Crippen molar-refractivity contribution in [2.45, 2.75) is 70.9 Å². The average molecular weight is 548 g/mol. The Hall–Kier alpha value is -2.20. The molecule has 0 spiro atoms. The van der Waals surface area contributed by atoms with E-state index in [0.29, 0.717) is 13.0 Å². The molecule has 0 radical (unpaired) electrons. The van der Waals surface area contributed by atoms with Gasteiger partial charge in [0.2, 0.25) is 0 Å². The molecule has 4 aliphatic rings. The van der Waals surface area contributed by atoms with Crippen LogP contribution in [-0.2, 0) is 21.0 Å². The van der Waals surface area contributed by atoms with Gasteiger partial charge in [0.05, 0.1) is 13.2 Å². The van der Waals surface area contributed by atoms with Crippen LogP contribution in [0.1, 0.15) is 52.0 Å². The number of fused-ring (bicyclic) bond motifs is 5. The van der Waals surface area contributed by atoms with Gasteiger partial charge in [-0.05, 0) is 79.5 Å². The zero-order valence-corrected chi connectivity index (χ0v) is 23.0. The molecule has 0 bridgehead atoms. The first-order valence-corrected chi connectivity index (χ1v) is 13.8. The summed E-state index contributed by atoms with van der Waals surface area (Å²) in [6.07, 6.45) is 2.67. The summed E-state index contributed by atoms with van der Waals surface area (Å²) in [7, 11) is 1.39. The number of rotatable bonds is 7. The molecule has 1 saturated heterocycles. The van der Waals surface area contributed by atoms with Crippen molar-refractivity contribution >= 4 is 11.6 Å². The van der Waals surface area contributed by atoms with Crippen molar-refractivity contribution in [3.05, 3.63) is 41.7 Å². The zero-order chi connectivity index (χ0) is 28.3. The van der Waals surface area contributed by atoms with Crippen LogP contribution in [0.25, 0.3) is 0 Å². The third-order valence-corrected chi connectivity index (χ3v) is 10.3. The summed E-state index contributed by atoms with van der Waals surface area (Å²) in [4.78, 5) is 31.8. The van der Waals surface area contributed by atoms with Crippen LogP contribution in [0.2, 0.25) is 0 Å². The van der Waals surface area contributed by atoms with Crippen molar-refractivity contribution in [2.24, 2.45) is 34.5 Å². The molecule has 5 rings (SSSR count). The number of aliphatic hydroxyl groups excluding tert-OH is 2. The van der Waals surface area contributed by atoms with E-state index in [1.807, 2.05) is 13.8 Å². The molecule has 0 aromatic heterocycles. The van der Waals surface area contributed by atoms with Gasteiger partial charge in [0.1, 0.15) is 12.8 Å². The van der Waals surface area contributed by atoms with E-state index in [2.05, 4.69) is 0 Å².